The third kappa shape index (κ3) is 2.75. The number of aryl methyl sites for hydroxylation is 2. The van der Waals surface area contributed by atoms with E-state index in [1.807, 2.05) is 13.8 Å². The number of hydrogen-bond acceptors (Lipinski definition) is 5. The smallest absolute Gasteiger partial charge is 0.241 e. The summed E-state index contributed by atoms with van der Waals surface area (Å²) in [6, 6.07) is 0. The Balaban J connectivity index is 2.20. The molecule has 0 radical (unpaired) electrons. The molecule has 1 amide bonds. The molecular weight excluding hydrogens is 272 g/mol. The number of amides is 1. The van der Waals surface area contributed by atoms with Crippen molar-refractivity contribution in [3.8, 4) is 0 Å². The molecule has 2 heterocycles. The molecule has 1 N–H and O–H groups in total. The van der Waals surface area contributed by atoms with E-state index in [4.69, 9.17) is 0 Å². The van der Waals surface area contributed by atoms with Gasteiger partial charge in [0.15, 0.2) is 0 Å². The minimum Gasteiger partial charge on any atom is -0.360 e. The molecule has 2 aromatic heterocycles. The zero-order valence-electron chi connectivity index (χ0n) is 12.4. The lowest BCUT2D eigenvalue weighted by atomic mass is 10.2. The molecule has 2 aromatic rings. The zero-order chi connectivity index (χ0) is 14.7. The van der Waals surface area contributed by atoms with Gasteiger partial charge in [-0.2, -0.15) is 0 Å². The molecule has 108 valence electrons. The van der Waals surface area contributed by atoms with Crippen LogP contribution in [0.5, 0.6) is 0 Å². The van der Waals surface area contributed by atoms with E-state index < -0.39 is 0 Å². The fourth-order valence-corrected chi connectivity index (χ4v) is 3.16. The van der Waals surface area contributed by atoms with Gasteiger partial charge in [-0.05, 0) is 33.3 Å². The van der Waals surface area contributed by atoms with Crippen molar-refractivity contribution in [2.75, 3.05) is 25.0 Å². The van der Waals surface area contributed by atoms with E-state index in [0.717, 1.165) is 29.1 Å². The van der Waals surface area contributed by atoms with E-state index in [0.29, 0.717) is 0 Å². The maximum Gasteiger partial charge on any atom is 0.241 e. The summed E-state index contributed by atoms with van der Waals surface area (Å²) in [5.74, 6) is 0.837. The van der Waals surface area contributed by atoms with Crippen LogP contribution in [0.2, 0.25) is 0 Å². The lowest BCUT2D eigenvalue weighted by Gasteiger charge is -2.19. The summed E-state index contributed by atoms with van der Waals surface area (Å²) in [5.41, 5.74) is 1.18. The molecule has 0 spiro atoms. The van der Waals surface area contributed by atoms with Gasteiger partial charge in [0.2, 0.25) is 5.91 Å². The third-order valence-corrected chi connectivity index (χ3v) is 4.60. The number of nitrogens with one attached hydrogen (secondary N) is 1. The zero-order valence-corrected chi connectivity index (χ0v) is 13.2. The number of thiophene rings is 1. The molecule has 0 unspecified atom stereocenters. The van der Waals surface area contributed by atoms with Crippen LogP contribution in [-0.4, -0.2) is 40.4 Å². The van der Waals surface area contributed by atoms with Crippen molar-refractivity contribution in [3.05, 3.63) is 16.8 Å². The maximum atomic E-state index is 12.0. The lowest BCUT2D eigenvalue weighted by molar-refractivity contribution is -0.128. The first kappa shape index (κ1) is 14.7. The second-order valence-corrected chi connectivity index (χ2v) is 5.81. The summed E-state index contributed by atoms with van der Waals surface area (Å²) in [6.07, 6.45) is 1.54. The summed E-state index contributed by atoms with van der Waals surface area (Å²) in [7, 11) is 0. The first-order valence-corrected chi connectivity index (χ1v) is 7.62. The van der Waals surface area contributed by atoms with Crippen LogP contribution in [-0.2, 0) is 4.79 Å². The van der Waals surface area contributed by atoms with E-state index in [-0.39, 0.29) is 12.5 Å². The average molecular weight is 292 g/mol. The van der Waals surface area contributed by atoms with Crippen LogP contribution in [0.4, 0.5) is 5.82 Å². The number of carbonyl (C=O) groups is 1. The largest absolute Gasteiger partial charge is 0.360 e. The number of hydrogen-bond donors (Lipinski definition) is 1. The molecule has 0 aliphatic heterocycles. The first-order valence-electron chi connectivity index (χ1n) is 6.80. The van der Waals surface area contributed by atoms with Crippen LogP contribution >= 0.6 is 11.3 Å². The van der Waals surface area contributed by atoms with Crippen LogP contribution in [0.25, 0.3) is 10.2 Å². The standard InChI is InChI=1S/C14H20N4OS/c1-5-18(6-2)11(19)7-15-13-12-9(3)10(4)20-14(12)17-8-16-13/h8H,5-7H2,1-4H3,(H,15,16,17). The molecule has 20 heavy (non-hydrogen) atoms. The molecule has 0 fully saturated rings. The minimum absolute atomic E-state index is 0.0892. The number of anilines is 1. The Morgan fingerprint density at radius 2 is 2.00 bits per heavy atom. The Morgan fingerprint density at radius 3 is 2.65 bits per heavy atom. The van der Waals surface area contributed by atoms with Gasteiger partial charge in [-0.15, -0.1) is 11.3 Å². The molecule has 0 aliphatic carbocycles. The van der Waals surface area contributed by atoms with Gasteiger partial charge in [0.25, 0.3) is 0 Å². The molecule has 2 rings (SSSR count). The predicted molar refractivity (Wildman–Crippen MR) is 83.3 cm³/mol. The second-order valence-electron chi connectivity index (χ2n) is 4.61. The Morgan fingerprint density at radius 1 is 1.30 bits per heavy atom. The fourth-order valence-electron chi connectivity index (χ4n) is 2.16. The molecule has 0 saturated carbocycles. The van der Waals surface area contributed by atoms with Crippen LogP contribution < -0.4 is 5.32 Å². The lowest BCUT2D eigenvalue weighted by Crippen LogP contribution is -2.35. The monoisotopic (exact) mass is 292 g/mol. The average Bonchev–Trinajstić information content (AvgIpc) is 2.74. The SMILES string of the molecule is CCN(CC)C(=O)CNc1ncnc2sc(C)c(C)c12. The number of aromatic nitrogens is 2. The molecule has 0 saturated heterocycles. The van der Waals surface area contributed by atoms with Crippen molar-refractivity contribution >= 4 is 33.3 Å². The molecule has 5 nitrogen and oxygen atoms in total. The Labute approximate surface area is 123 Å². The van der Waals surface area contributed by atoms with Gasteiger partial charge in [0.05, 0.1) is 11.9 Å². The second kappa shape index (κ2) is 6.17. The highest BCUT2D eigenvalue weighted by Gasteiger charge is 2.14. The van der Waals surface area contributed by atoms with Gasteiger partial charge in [-0.3, -0.25) is 4.79 Å². The fraction of sp³-hybridized carbons (Fsp3) is 0.500. The molecular formula is C14H20N4OS. The summed E-state index contributed by atoms with van der Waals surface area (Å²) < 4.78 is 0. The highest BCUT2D eigenvalue weighted by atomic mass is 32.1. The summed E-state index contributed by atoms with van der Waals surface area (Å²) in [4.78, 5) is 24.6. The van der Waals surface area contributed by atoms with E-state index in [1.165, 1.54) is 10.4 Å². The minimum atomic E-state index is 0.0892. The normalized spacial score (nSPS) is 10.8. The number of likely N-dealkylation sites (N-methyl/N-ethyl adjacent to an activating group) is 1. The Kier molecular flexibility index (Phi) is 4.54. The topological polar surface area (TPSA) is 58.1 Å². The Bertz CT molecular complexity index is 619. The van der Waals surface area contributed by atoms with Crippen molar-refractivity contribution in [1.82, 2.24) is 14.9 Å². The summed E-state index contributed by atoms with van der Waals surface area (Å²) >= 11 is 1.66. The van der Waals surface area contributed by atoms with Crippen LogP contribution in [0, 0.1) is 13.8 Å². The first-order chi connectivity index (χ1) is 9.58. The van der Waals surface area contributed by atoms with Gasteiger partial charge in [0.1, 0.15) is 17.0 Å². The van der Waals surface area contributed by atoms with E-state index in [9.17, 15) is 4.79 Å². The summed E-state index contributed by atoms with van der Waals surface area (Å²) in [5, 5.41) is 4.18. The predicted octanol–water partition coefficient (Wildman–Crippen LogP) is 2.59. The third-order valence-electron chi connectivity index (χ3n) is 3.49. The van der Waals surface area contributed by atoms with Gasteiger partial charge in [-0.25, -0.2) is 9.97 Å². The molecule has 6 heteroatoms. The van der Waals surface area contributed by atoms with E-state index >= 15 is 0 Å². The quantitative estimate of drug-likeness (QED) is 0.920. The van der Waals surface area contributed by atoms with Gasteiger partial charge in [-0.1, -0.05) is 0 Å². The molecule has 0 atom stereocenters. The van der Waals surface area contributed by atoms with Crippen molar-refractivity contribution < 1.29 is 4.79 Å². The molecule has 0 aromatic carbocycles. The van der Waals surface area contributed by atoms with Crippen molar-refractivity contribution in [2.24, 2.45) is 0 Å². The highest BCUT2D eigenvalue weighted by Crippen LogP contribution is 2.32. The Hall–Kier alpha value is -1.69. The van der Waals surface area contributed by atoms with Gasteiger partial charge < -0.3 is 10.2 Å². The van der Waals surface area contributed by atoms with Crippen molar-refractivity contribution in [1.29, 1.82) is 0 Å². The van der Waals surface area contributed by atoms with Crippen LogP contribution in [0.3, 0.4) is 0 Å². The van der Waals surface area contributed by atoms with E-state index in [1.54, 1.807) is 22.6 Å². The van der Waals surface area contributed by atoms with Gasteiger partial charge >= 0.3 is 0 Å². The van der Waals surface area contributed by atoms with Crippen molar-refractivity contribution in [2.45, 2.75) is 27.7 Å². The molecule has 0 aliphatic rings. The summed E-state index contributed by atoms with van der Waals surface area (Å²) in [6.45, 7) is 9.83. The van der Waals surface area contributed by atoms with Crippen LogP contribution in [0.15, 0.2) is 6.33 Å². The van der Waals surface area contributed by atoms with Gasteiger partial charge in [0, 0.05) is 18.0 Å². The number of carbonyl (C=O) groups excluding carboxylic acids is 1. The highest BCUT2D eigenvalue weighted by molar-refractivity contribution is 7.18. The molecule has 0 bridgehead atoms. The number of fused-ring (bicyclic) bond motifs is 1. The number of rotatable bonds is 5. The number of nitrogens with zero attached hydrogens (tertiary/aromatic N) is 3. The maximum absolute atomic E-state index is 12.0. The van der Waals surface area contributed by atoms with E-state index in [2.05, 4.69) is 29.1 Å². The van der Waals surface area contributed by atoms with Crippen LogP contribution in [0.1, 0.15) is 24.3 Å². The van der Waals surface area contributed by atoms with Crippen molar-refractivity contribution in [3.63, 3.8) is 0 Å².